The van der Waals surface area contributed by atoms with Crippen LogP contribution in [0.1, 0.15) is 25.0 Å². The minimum absolute atomic E-state index is 0.520. The number of hydrogen-bond acceptors (Lipinski definition) is 5. The van der Waals surface area contributed by atoms with Crippen LogP contribution in [-0.2, 0) is 13.1 Å². The maximum Gasteiger partial charge on any atom is 0.163 e. The number of fused-ring (bicyclic) bond motifs is 2. The van der Waals surface area contributed by atoms with Crippen LogP contribution in [0, 0.1) is 5.92 Å². The third kappa shape index (κ3) is 2.91. The van der Waals surface area contributed by atoms with E-state index in [0.29, 0.717) is 11.6 Å². The van der Waals surface area contributed by atoms with Crippen molar-refractivity contribution in [3.63, 3.8) is 0 Å². The number of benzene rings is 1. The van der Waals surface area contributed by atoms with Crippen LogP contribution in [0.25, 0.3) is 11.0 Å². The molecule has 1 aliphatic heterocycles. The van der Waals surface area contributed by atoms with Crippen molar-refractivity contribution in [2.45, 2.75) is 26.9 Å². The standard InChI is InChI=1S/C20H23N5/c1-14(2)11-25-20-17(13-24(25)12-15-7-4-3-5-8-15)18(21)16-9-6-10-22-19(16)23-20/h3-10,14H,11-13H2,1-2H3,(H2,21,22,23). The molecule has 4 rings (SSSR count). The first-order valence-electron chi connectivity index (χ1n) is 8.73. The Kier molecular flexibility index (Phi) is 4.01. The van der Waals surface area contributed by atoms with Gasteiger partial charge < -0.3 is 5.73 Å². The molecule has 2 N–H and O–H groups in total. The number of nitrogens with zero attached hydrogens (tertiary/aromatic N) is 4. The Morgan fingerprint density at radius 2 is 1.92 bits per heavy atom. The van der Waals surface area contributed by atoms with Gasteiger partial charge in [0.15, 0.2) is 11.5 Å². The topological polar surface area (TPSA) is 58.3 Å². The molecule has 0 saturated heterocycles. The van der Waals surface area contributed by atoms with Gasteiger partial charge in [-0.2, -0.15) is 0 Å². The summed E-state index contributed by atoms with van der Waals surface area (Å²) < 4.78 is 0. The van der Waals surface area contributed by atoms with Gasteiger partial charge in [-0.15, -0.1) is 0 Å². The van der Waals surface area contributed by atoms with Crippen molar-refractivity contribution in [1.29, 1.82) is 0 Å². The van der Waals surface area contributed by atoms with Gasteiger partial charge in [0.2, 0.25) is 0 Å². The summed E-state index contributed by atoms with van der Waals surface area (Å²) in [6, 6.07) is 14.4. The number of nitrogens with two attached hydrogens (primary N) is 1. The van der Waals surface area contributed by atoms with Gasteiger partial charge in [-0.1, -0.05) is 44.2 Å². The summed E-state index contributed by atoms with van der Waals surface area (Å²) in [5.41, 5.74) is 10.4. The molecule has 0 atom stereocenters. The molecule has 0 saturated carbocycles. The summed E-state index contributed by atoms with van der Waals surface area (Å²) in [5, 5.41) is 5.55. The van der Waals surface area contributed by atoms with Gasteiger partial charge in [-0.3, -0.25) is 5.01 Å². The molecule has 0 bridgehead atoms. The minimum Gasteiger partial charge on any atom is -0.398 e. The Morgan fingerprint density at radius 1 is 1.12 bits per heavy atom. The smallest absolute Gasteiger partial charge is 0.163 e. The Balaban J connectivity index is 1.76. The van der Waals surface area contributed by atoms with Crippen LogP contribution >= 0.6 is 0 Å². The molecule has 5 heteroatoms. The minimum atomic E-state index is 0.520. The van der Waals surface area contributed by atoms with E-state index < -0.39 is 0 Å². The summed E-state index contributed by atoms with van der Waals surface area (Å²) in [5.74, 6) is 1.47. The van der Waals surface area contributed by atoms with Crippen LogP contribution in [0.2, 0.25) is 0 Å². The highest BCUT2D eigenvalue weighted by molar-refractivity contribution is 5.92. The highest BCUT2D eigenvalue weighted by atomic mass is 15.7. The lowest BCUT2D eigenvalue weighted by Gasteiger charge is -2.31. The van der Waals surface area contributed by atoms with Crippen molar-refractivity contribution < 1.29 is 0 Å². The van der Waals surface area contributed by atoms with Crippen LogP contribution in [0.15, 0.2) is 48.7 Å². The van der Waals surface area contributed by atoms with Gasteiger partial charge in [0.05, 0.1) is 5.69 Å². The van der Waals surface area contributed by atoms with E-state index in [0.717, 1.165) is 42.1 Å². The van der Waals surface area contributed by atoms with Crippen molar-refractivity contribution in [2.75, 3.05) is 17.3 Å². The molecule has 5 nitrogen and oxygen atoms in total. The summed E-state index contributed by atoms with van der Waals surface area (Å²) >= 11 is 0. The number of rotatable bonds is 4. The fraction of sp³-hybridized carbons (Fsp3) is 0.300. The normalized spacial score (nSPS) is 14.4. The number of pyridine rings is 2. The molecule has 1 aromatic carbocycles. The van der Waals surface area contributed by atoms with Crippen LogP contribution in [0.3, 0.4) is 0 Å². The Morgan fingerprint density at radius 3 is 2.68 bits per heavy atom. The van der Waals surface area contributed by atoms with Crippen LogP contribution in [-0.4, -0.2) is 21.5 Å². The van der Waals surface area contributed by atoms with Crippen LogP contribution < -0.4 is 10.7 Å². The average molecular weight is 333 g/mol. The van der Waals surface area contributed by atoms with E-state index in [2.05, 4.69) is 53.1 Å². The molecule has 128 valence electrons. The monoisotopic (exact) mass is 333 g/mol. The Labute approximate surface area is 148 Å². The lowest BCUT2D eigenvalue weighted by molar-refractivity contribution is 0.243. The highest BCUT2D eigenvalue weighted by Gasteiger charge is 2.32. The van der Waals surface area contributed by atoms with E-state index in [4.69, 9.17) is 10.7 Å². The second kappa shape index (κ2) is 6.33. The van der Waals surface area contributed by atoms with Crippen molar-refractivity contribution in [2.24, 2.45) is 5.92 Å². The van der Waals surface area contributed by atoms with Gasteiger partial charge in [0, 0.05) is 36.8 Å². The van der Waals surface area contributed by atoms with E-state index in [1.807, 2.05) is 18.2 Å². The zero-order chi connectivity index (χ0) is 17.4. The zero-order valence-electron chi connectivity index (χ0n) is 14.7. The van der Waals surface area contributed by atoms with Crippen LogP contribution in [0.4, 0.5) is 11.5 Å². The molecule has 0 amide bonds. The third-order valence-electron chi connectivity index (χ3n) is 4.56. The zero-order valence-corrected chi connectivity index (χ0v) is 14.7. The van der Waals surface area contributed by atoms with Crippen LogP contribution in [0.5, 0.6) is 0 Å². The van der Waals surface area contributed by atoms with Gasteiger partial charge >= 0.3 is 0 Å². The summed E-state index contributed by atoms with van der Waals surface area (Å²) in [6.07, 6.45) is 1.77. The SMILES string of the molecule is CC(C)CN1c2nc3ncccc3c(N)c2CN1Cc1ccccc1. The summed E-state index contributed by atoms with van der Waals surface area (Å²) in [6.45, 7) is 6.97. The van der Waals surface area contributed by atoms with E-state index >= 15 is 0 Å². The maximum absolute atomic E-state index is 6.49. The third-order valence-corrected chi connectivity index (χ3v) is 4.56. The molecule has 3 heterocycles. The first-order chi connectivity index (χ1) is 12.1. The second-order valence-corrected chi connectivity index (χ2v) is 6.99. The lowest BCUT2D eigenvalue weighted by Crippen LogP contribution is -2.39. The number of aromatic nitrogens is 2. The molecule has 0 unspecified atom stereocenters. The maximum atomic E-state index is 6.49. The van der Waals surface area contributed by atoms with Crippen molar-refractivity contribution in [3.05, 3.63) is 59.8 Å². The second-order valence-electron chi connectivity index (χ2n) is 6.99. The van der Waals surface area contributed by atoms with Gasteiger partial charge in [0.25, 0.3) is 0 Å². The van der Waals surface area contributed by atoms with Crippen molar-refractivity contribution in [1.82, 2.24) is 15.0 Å². The lowest BCUT2D eigenvalue weighted by atomic mass is 10.1. The molecule has 0 spiro atoms. The van der Waals surface area contributed by atoms with E-state index in [1.54, 1.807) is 6.20 Å². The molecule has 0 fully saturated rings. The van der Waals surface area contributed by atoms with Gasteiger partial charge in [-0.25, -0.2) is 15.0 Å². The van der Waals surface area contributed by atoms with Gasteiger partial charge in [-0.05, 0) is 23.6 Å². The van der Waals surface area contributed by atoms with E-state index in [1.165, 1.54) is 5.56 Å². The first kappa shape index (κ1) is 15.8. The summed E-state index contributed by atoms with van der Waals surface area (Å²) in [4.78, 5) is 9.24. The molecule has 1 aliphatic rings. The number of nitrogen functional groups attached to an aromatic ring is 1. The predicted octanol–water partition coefficient (Wildman–Crippen LogP) is 3.61. The molecule has 0 aliphatic carbocycles. The molecule has 2 aromatic heterocycles. The van der Waals surface area contributed by atoms with E-state index in [9.17, 15) is 0 Å². The van der Waals surface area contributed by atoms with Crippen molar-refractivity contribution >= 4 is 22.5 Å². The molecular weight excluding hydrogens is 310 g/mol. The van der Waals surface area contributed by atoms with Crippen molar-refractivity contribution in [3.8, 4) is 0 Å². The van der Waals surface area contributed by atoms with Gasteiger partial charge in [0.1, 0.15) is 0 Å². The predicted molar refractivity (Wildman–Crippen MR) is 102 cm³/mol. The summed E-state index contributed by atoms with van der Waals surface area (Å²) in [7, 11) is 0. The fourth-order valence-corrected chi connectivity index (χ4v) is 3.40. The number of anilines is 2. The molecule has 0 radical (unpaired) electrons. The highest BCUT2D eigenvalue weighted by Crippen LogP contribution is 2.38. The largest absolute Gasteiger partial charge is 0.398 e. The first-order valence-corrected chi connectivity index (χ1v) is 8.73. The average Bonchev–Trinajstić information content (AvgIpc) is 2.93. The van der Waals surface area contributed by atoms with E-state index in [-0.39, 0.29) is 0 Å². The molecular formula is C20H23N5. The quantitative estimate of drug-likeness (QED) is 0.790. The number of hydrazine groups is 1. The molecule has 25 heavy (non-hydrogen) atoms. The molecule has 3 aromatic rings. The fourth-order valence-electron chi connectivity index (χ4n) is 3.40. The Bertz CT molecular complexity index is 891. The Hall–Kier alpha value is -2.66. The number of hydrogen-bond donors (Lipinski definition) is 1.